The molecule has 144 valence electrons. The molecule has 1 aliphatic rings. The zero-order chi connectivity index (χ0) is 19.3. The number of nitrogens with one attached hydrogen (secondary N) is 1. The van der Waals surface area contributed by atoms with Gasteiger partial charge in [0.15, 0.2) is 0 Å². The van der Waals surface area contributed by atoms with Crippen LogP contribution in [0, 0.1) is 5.82 Å². The van der Waals surface area contributed by atoms with Crippen LogP contribution in [0.5, 0.6) is 0 Å². The van der Waals surface area contributed by atoms with E-state index in [2.05, 4.69) is 27.3 Å². The van der Waals surface area contributed by atoms with Gasteiger partial charge in [0.2, 0.25) is 5.91 Å². The van der Waals surface area contributed by atoms with E-state index >= 15 is 0 Å². The quantitative estimate of drug-likeness (QED) is 0.652. The average molecular weight is 396 g/mol. The number of benzene rings is 2. The van der Waals surface area contributed by atoms with Crippen LogP contribution in [0.1, 0.15) is 25.0 Å². The number of hydrogen-bond donors (Lipinski definition) is 1. The van der Waals surface area contributed by atoms with Gasteiger partial charge in [0, 0.05) is 35.4 Å². The maximum absolute atomic E-state index is 13.0. The maximum Gasteiger partial charge on any atom is 0.230 e. The van der Waals surface area contributed by atoms with Crippen LogP contribution in [0.2, 0.25) is 0 Å². The topological polar surface area (TPSA) is 45.2 Å². The van der Waals surface area contributed by atoms with Gasteiger partial charge in [-0.2, -0.15) is 0 Å². The molecule has 6 heteroatoms. The van der Waals surface area contributed by atoms with Crippen LogP contribution in [-0.4, -0.2) is 24.0 Å². The van der Waals surface area contributed by atoms with E-state index in [1.165, 1.54) is 48.4 Å². The number of aromatic nitrogens is 1. The standard InChI is InChI=1S/C22H22FN3OS/c23-17-6-4-16(5-7-17)22-25-19(15-28-22)14-21(27)24-18-8-10-20(11-9-18)26-12-2-1-3-13-26/h4-11,15H,1-3,12-14H2,(H,24,27). The third-order valence-electron chi connectivity index (χ3n) is 4.86. The molecule has 0 atom stereocenters. The summed E-state index contributed by atoms with van der Waals surface area (Å²) in [4.78, 5) is 19.2. The fraction of sp³-hybridized carbons (Fsp3) is 0.273. The largest absolute Gasteiger partial charge is 0.372 e. The minimum atomic E-state index is -0.272. The van der Waals surface area contributed by atoms with Gasteiger partial charge in [-0.3, -0.25) is 4.79 Å². The Labute approximate surface area is 168 Å². The first kappa shape index (κ1) is 18.6. The van der Waals surface area contributed by atoms with Crippen molar-refractivity contribution in [3.05, 3.63) is 65.4 Å². The van der Waals surface area contributed by atoms with E-state index in [1.54, 1.807) is 12.1 Å². The number of hydrogen-bond acceptors (Lipinski definition) is 4. The minimum Gasteiger partial charge on any atom is -0.372 e. The van der Waals surface area contributed by atoms with Crippen LogP contribution in [-0.2, 0) is 11.2 Å². The lowest BCUT2D eigenvalue weighted by Crippen LogP contribution is -2.29. The van der Waals surface area contributed by atoms with E-state index in [1.807, 2.05) is 17.5 Å². The molecule has 0 bridgehead atoms. The number of carbonyl (C=O) groups excluding carboxylic acids is 1. The molecule has 28 heavy (non-hydrogen) atoms. The molecule has 0 unspecified atom stereocenters. The molecule has 2 aromatic carbocycles. The van der Waals surface area contributed by atoms with Crippen molar-refractivity contribution in [1.29, 1.82) is 0 Å². The molecule has 0 saturated carbocycles. The van der Waals surface area contributed by atoms with Gasteiger partial charge in [0.05, 0.1) is 12.1 Å². The molecule has 0 spiro atoms. The molecule has 2 heterocycles. The molecule has 1 N–H and O–H groups in total. The Hall–Kier alpha value is -2.73. The second kappa shape index (κ2) is 8.52. The highest BCUT2D eigenvalue weighted by Crippen LogP contribution is 2.25. The van der Waals surface area contributed by atoms with Crippen molar-refractivity contribution in [2.24, 2.45) is 0 Å². The number of anilines is 2. The molecule has 0 aliphatic carbocycles. The molecule has 1 aliphatic heterocycles. The Morgan fingerprint density at radius 2 is 1.75 bits per heavy atom. The van der Waals surface area contributed by atoms with Gasteiger partial charge in [-0.25, -0.2) is 9.37 Å². The summed E-state index contributed by atoms with van der Waals surface area (Å²) in [6, 6.07) is 14.3. The van der Waals surface area contributed by atoms with Crippen molar-refractivity contribution in [3.8, 4) is 10.6 Å². The van der Waals surface area contributed by atoms with Gasteiger partial charge in [0.25, 0.3) is 0 Å². The maximum atomic E-state index is 13.0. The van der Waals surface area contributed by atoms with E-state index in [0.29, 0.717) is 5.69 Å². The third-order valence-corrected chi connectivity index (χ3v) is 5.80. The van der Waals surface area contributed by atoms with E-state index in [-0.39, 0.29) is 18.1 Å². The number of carbonyl (C=O) groups is 1. The number of piperidine rings is 1. The fourth-order valence-corrected chi connectivity index (χ4v) is 4.22. The summed E-state index contributed by atoms with van der Waals surface area (Å²) in [5.41, 5.74) is 3.57. The first-order chi connectivity index (χ1) is 13.7. The number of thiazole rings is 1. The highest BCUT2D eigenvalue weighted by atomic mass is 32.1. The average Bonchev–Trinajstić information content (AvgIpc) is 3.18. The molecule has 1 aromatic heterocycles. The lowest BCUT2D eigenvalue weighted by atomic mass is 10.1. The zero-order valence-electron chi connectivity index (χ0n) is 15.5. The van der Waals surface area contributed by atoms with Gasteiger partial charge in [0.1, 0.15) is 10.8 Å². The third kappa shape index (κ3) is 4.57. The first-order valence-electron chi connectivity index (χ1n) is 9.52. The van der Waals surface area contributed by atoms with E-state index in [4.69, 9.17) is 0 Å². The first-order valence-corrected chi connectivity index (χ1v) is 10.4. The summed E-state index contributed by atoms with van der Waals surface area (Å²) >= 11 is 1.46. The van der Waals surface area contributed by atoms with E-state index in [0.717, 1.165) is 29.3 Å². The Morgan fingerprint density at radius 3 is 2.46 bits per heavy atom. The Kier molecular flexibility index (Phi) is 5.67. The van der Waals surface area contributed by atoms with Crippen LogP contribution >= 0.6 is 11.3 Å². The molecular formula is C22H22FN3OS. The molecule has 4 rings (SSSR count). The van der Waals surface area contributed by atoms with Crippen molar-refractivity contribution in [1.82, 2.24) is 4.98 Å². The van der Waals surface area contributed by atoms with Crippen LogP contribution in [0.15, 0.2) is 53.9 Å². The molecule has 0 radical (unpaired) electrons. The second-order valence-corrected chi connectivity index (χ2v) is 7.83. The molecule has 3 aromatic rings. The van der Waals surface area contributed by atoms with Crippen molar-refractivity contribution in [2.75, 3.05) is 23.3 Å². The van der Waals surface area contributed by atoms with Crippen LogP contribution < -0.4 is 10.2 Å². The van der Waals surface area contributed by atoms with Gasteiger partial charge in [-0.15, -0.1) is 11.3 Å². The van der Waals surface area contributed by atoms with E-state index in [9.17, 15) is 9.18 Å². The SMILES string of the molecule is O=C(Cc1csc(-c2ccc(F)cc2)n1)Nc1ccc(N2CCCCC2)cc1. The zero-order valence-corrected chi connectivity index (χ0v) is 16.3. The Bertz CT molecular complexity index is 931. The monoisotopic (exact) mass is 395 g/mol. The number of nitrogens with zero attached hydrogens (tertiary/aromatic N) is 2. The fourth-order valence-electron chi connectivity index (χ4n) is 3.39. The highest BCUT2D eigenvalue weighted by Gasteiger charge is 2.12. The molecule has 1 fully saturated rings. The molecular weight excluding hydrogens is 373 g/mol. The predicted molar refractivity (Wildman–Crippen MR) is 112 cm³/mol. The van der Waals surface area contributed by atoms with Crippen molar-refractivity contribution < 1.29 is 9.18 Å². The highest BCUT2D eigenvalue weighted by molar-refractivity contribution is 7.13. The summed E-state index contributed by atoms with van der Waals surface area (Å²) in [5, 5.41) is 5.59. The van der Waals surface area contributed by atoms with Gasteiger partial charge in [-0.05, 0) is 67.8 Å². The molecule has 1 amide bonds. The lowest BCUT2D eigenvalue weighted by molar-refractivity contribution is -0.115. The predicted octanol–water partition coefficient (Wildman–Crippen LogP) is 5.12. The van der Waals surface area contributed by atoms with Crippen molar-refractivity contribution in [2.45, 2.75) is 25.7 Å². The number of amides is 1. The smallest absolute Gasteiger partial charge is 0.230 e. The lowest BCUT2D eigenvalue weighted by Gasteiger charge is -2.28. The molecule has 4 nitrogen and oxygen atoms in total. The normalized spacial score (nSPS) is 14.1. The summed E-state index contributed by atoms with van der Waals surface area (Å²) in [6.07, 6.45) is 4.01. The van der Waals surface area contributed by atoms with Gasteiger partial charge < -0.3 is 10.2 Å². The summed E-state index contributed by atoms with van der Waals surface area (Å²) in [5.74, 6) is -0.368. The van der Waals surface area contributed by atoms with Crippen LogP contribution in [0.3, 0.4) is 0 Å². The van der Waals surface area contributed by atoms with Gasteiger partial charge >= 0.3 is 0 Å². The van der Waals surface area contributed by atoms with Crippen LogP contribution in [0.25, 0.3) is 10.6 Å². The van der Waals surface area contributed by atoms with Crippen LogP contribution in [0.4, 0.5) is 15.8 Å². The minimum absolute atomic E-state index is 0.0957. The Morgan fingerprint density at radius 1 is 1.04 bits per heavy atom. The summed E-state index contributed by atoms with van der Waals surface area (Å²) in [6.45, 7) is 2.21. The van der Waals surface area contributed by atoms with Crippen molar-refractivity contribution >= 4 is 28.6 Å². The summed E-state index contributed by atoms with van der Waals surface area (Å²) in [7, 11) is 0. The number of rotatable bonds is 5. The summed E-state index contributed by atoms with van der Waals surface area (Å²) < 4.78 is 13.0. The van der Waals surface area contributed by atoms with E-state index < -0.39 is 0 Å². The Balaban J connectivity index is 1.35. The number of halogens is 1. The van der Waals surface area contributed by atoms with Crippen molar-refractivity contribution in [3.63, 3.8) is 0 Å². The van der Waals surface area contributed by atoms with Gasteiger partial charge in [-0.1, -0.05) is 0 Å². The second-order valence-electron chi connectivity index (χ2n) is 6.97. The molecule has 1 saturated heterocycles.